The van der Waals surface area contributed by atoms with E-state index in [1.807, 2.05) is 78.8 Å². The normalized spacial score (nSPS) is 10.5. The molecule has 1 heterocycles. The summed E-state index contributed by atoms with van der Waals surface area (Å²) in [6, 6.07) is 19.3. The number of halogens is 1. The highest BCUT2D eigenvalue weighted by atomic mass is 35.5. The third-order valence-electron chi connectivity index (χ3n) is 4.35. The summed E-state index contributed by atoms with van der Waals surface area (Å²) in [6.07, 6.45) is 1.82. The van der Waals surface area contributed by atoms with Crippen LogP contribution in [0.5, 0.6) is 5.75 Å². The smallest absolute Gasteiger partial charge is 0.119 e. The zero-order chi connectivity index (χ0) is 20.5. The number of hydrogen-bond acceptors (Lipinski definition) is 4. The van der Waals surface area contributed by atoms with Gasteiger partial charge in [-0.1, -0.05) is 35.7 Å². The van der Waals surface area contributed by atoms with E-state index in [-0.39, 0.29) is 6.61 Å². The molecule has 0 radical (unpaired) electrons. The quantitative estimate of drug-likeness (QED) is 0.600. The first-order valence-electron chi connectivity index (χ1n) is 9.40. The number of aliphatic hydroxyl groups is 1. The highest BCUT2D eigenvalue weighted by molar-refractivity contribution is 6.30. The maximum Gasteiger partial charge on any atom is 0.119 e. The van der Waals surface area contributed by atoms with Crippen molar-refractivity contribution in [3.05, 3.63) is 83.1 Å². The van der Waals surface area contributed by atoms with Crippen molar-refractivity contribution in [2.45, 2.75) is 0 Å². The average molecular weight is 407 g/mol. The van der Waals surface area contributed by atoms with Crippen molar-refractivity contribution in [1.82, 2.24) is 9.88 Å². The van der Waals surface area contributed by atoms with E-state index in [4.69, 9.17) is 21.4 Å². The molecule has 0 atom stereocenters. The van der Waals surface area contributed by atoms with E-state index in [1.54, 1.807) is 0 Å². The first-order chi connectivity index (χ1) is 14.1. The topological polar surface area (TPSA) is 45.6 Å². The fourth-order valence-corrected chi connectivity index (χ4v) is 2.78. The Kier molecular flexibility index (Phi) is 7.66. The summed E-state index contributed by atoms with van der Waals surface area (Å²) < 4.78 is 5.71. The standard InChI is InChI=1S/C24H23ClN2O2/c1-27(14-16-28)15-17-29-24-12-3-19(4-13-24)2-10-23-11-7-21(18-26-23)20-5-8-22(25)9-6-20/h3-9,11-13,18,28H,14-17H2,1H3. The molecule has 0 unspecified atom stereocenters. The predicted octanol–water partition coefficient (Wildman–Crippen LogP) is 4.10. The lowest BCUT2D eigenvalue weighted by Crippen LogP contribution is -2.27. The van der Waals surface area contributed by atoms with Gasteiger partial charge in [-0.3, -0.25) is 0 Å². The molecule has 0 saturated carbocycles. The van der Waals surface area contributed by atoms with Crippen LogP contribution in [-0.2, 0) is 0 Å². The van der Waals surface area contributed by atoms with Crippen molar-refractivity contribution in [2.24, 2.45) is 0 Å². The molecule has 0 fully saturated rings. The zero-order valence-electron chi connectivity index (χ0n) is 16.3. The molecule has 0 saturated heterocycles. The van der Waals surface area contributed by atoms with Crippen LogP contribution in [0.1, 0.15) is 11.3 Å². The van der Waals surface area contributed by atoms with Crippen LogP contribution in [0.15, 0.2) is 66.9 Å². The SMILES string of the molecule is CN(CCO)CCOc1ccc(C#Cc2ccc(-c3ccc(Cl)cc3)cn2)cc1. The molecule has 3 rings (SSSR count). The summed E-state index contributed by atoms with van der Waals surface area (Å²) in [4.78, 5) is 6.45. The molecule has 2 aromatic carbocycles. The number of benzene rings is 2. The van der Waals surface area contributed by atoms with Crippen LogP contribution in [0.3, 0.4) is 0 Å². The van der Waals surface area contributed by atoms with E-state index in [9.17, 15) is 0 Å². The zero-order valence-corrected chi connectivity index (χ0v) is 17.1. The number of aliphatic hydroxyl groups excluding tert-OH is 1. The number of aromatic nitrogens is 1. The van der Waals surface area contributed by atoms with Crippen LogP contribution >= 0.6 is 11.6 Å². The van der Waals surface area contributed by atoms with Gasteiger partial charge in [0.2, 0.25) is 0 Å². The summed E-state index contributed by atoms with van der Waals surface area (Å²) in [5, 5.41) is 9.60. The van der Waals surface area contributed by atoms with Gasteiger partial charge in [-0.05, 0) is 61.0 Å². The van der Waals surface area contributed by atoms with Gasteiger partial charge >= 0.3 is 0 Å². The van der Waals surface area contributed by atoms with Crippen LogP contribution < -0.4 is 4.74 Å². The van der Waals surface area contributed by atoms with Crippen molar-refractivity contribution < 1.29 is 9.84 Å². The summed E-state index contributed by atoms with van der Waals surface area (Å²) >= 11 is 5.93. The first kappa shape index (κ1) is 20.9. The summed E-state index contributed by atoms with van der Waals surface area (Å²) in [6.45, 7) is 2.14. The van der Waals surface area contributed by atoms with Gasteiger partial charge in [0.25, 0.3) is 0 Å². The highest BCUT2D eigenvalue weighted by Crippen LogP contribution is 2.20. The maximum atomic E-state index is 8.89. The molecule has 1 aromatic heterocycles. The second-order valence-electron chi connectivity index (χ2n) is 6.59. The second kappa shape index (κ2) is 10.6. The Morgan fingerprint density at radius 1 is 0.931 bits per heavy atom. The Balaban J connectivity index is 1.56. The van der Waals surface area contributed by atoms with Crippen molar-refractivity contribution >= 4 is 11.6 Å². The van der Waals surface area contributed by atoms with E-state index in [0.29, 0.717) is 13.2 Å². The van der Waals surface area contributed by atoms with Gasteiger partial charge in [0.05, 0.1) is 6.61 Å². The van der Waals surface area contributed by atoms with E-state index >= 15 is 0 Å². The second-order valence-corrected chi connectivity index (χ2v) is 7.03. The van der Waals surface area contributed by atoms with Gasteiger partial charge in [0.15, 0.2) is 0 Å². The number of hydrogen-bond donors (Lipinski definition) is 1. The Labute approximate surface area is 176 Å². The number of nitrogens with zero attached hydrogens (tertiary/aromatic N) is 2. The summed E-state index contributed by atoms with van der Waals surface area (Å²) in [5.74, 6) is 7.02. The minimum absolute atomic E-state index is 0.155. The molecular weight excluding hydrogens is 384 g/mol. The molecule has 0 aliphatic carbocycles. The Hall–Kier alpha value is -2.84. The lowest BCUT2D eigenvalue weighted by atomic mass is 10.1. The third-order valence-corrected chi connectivity index (χ3v) is 4.61. The van der Waals surface area contributed by atoms with Crippen molar-refractivity contribution in [1.29, 1.82) is 0 Å². The van der Waals surface area contributed by atoms with Crippen LogP contribution in [0, 0.1) is 11.8 Å². The Morgan fingerprint density at radius 2 is 1.66 bits per heavy atom. The summed E-state index contributed by atoms with van der Waals surface area (Å²) in [5.41, 5.74) is 3.71. The number of likely N-dealkylation sites (N-methyl/N-ethyl adjacent to an activating group) is 1. The van der Waals surface area contributed by atoms with Crippen molar-refractivity contribution in [2.75, 3.05) is 33.4 Å². The molecule has 29 heavy (non-hydrogen) atoms. The monoisotopic (exact) mass is 406 g/mol. The summed E-state index contributed by atoms with van der Waals surface area (Å²) in [7, 11) is 1.95. The molecule has 0 spiro atoms. The van der Waals surface area contributed by atoms with Crippen LogP contribution in [0.2, 0.25) is 5.02 Å². The van der Waals surface area contributed by atoms with Gasteiger partial charge in [0, 0.05) is 35.4 Å². The number of rotatable bonds is 7. The van der Waals surface area contributed by atoms with Gasteiger partial charge < -0.3 is 14.7 Å². The molecule has 4 nitrogen and oxygen atoms in total. The maximum absolute atomic E-state index is 8.89. The highest BCUT2D eigenvalue weighted by Gasteiger charge is 2.00. The molecule has 3 aromatic rings. The molecule has 0 aliphatic heterocycles. The lowest BCUT2D eigenvalue weighted by Gasteiger charge is -2.15. The first-order valence-corrected chi connectivity index (χ1v) is 9.78. The van der Waals surface area contributed by atoms with E-state index in [0.717, 1.165) is 39.7 Å². The van der Waals surface area contributed by atoms with Gasteiger partial charge in [-0.25, -0.2) is 4.98 Å². The van der Waals surface area contributed by atoms with Crippen LogP contribution in [0.4, 0.5) is 0 Å². The number of ether oxygens (including phenoxy) is 1. The van der Waals surface area contributed by atoms with E-state index < -0.39 is 0 Å². The predicted molar refractivity (Wildman–Crippen MR) is 117 cm³/mol. The fourth-order valence-electron chi connectivity index (χ4n) is 2.65. The largest absolute Gasteiger partial charge is 0.492 e. The molecule has 148 valence electrons. The van der Waals surface area contributed by atoms with Crippen molar-refractivity contribution in [3.8, 4) is 28.7 Å². The van der Waals surface area contributed by atoms with E-state index in [1.165, 1.54) is 0 Å². The number of pyridine rings is 1. The van der Waals surface area contributed by atoms with Gasteiger partial charge in [-0.2, -0.15) is 0 Å². The van der Waals surface area contributed by atoms with Gasteiger partial charge in [-0.15, -0.1) is 0 Å². The molecule has 0 bridgehead atoms. The van der Waals surface area contributed by atoms with Crippen LogP contribution in [-0.4, -0.2) is 48.3 Å². The molecule has 0 amide bonds. The van der Waals surface area contributed by atoms with Crippen molar-refractivity contribution in [3.63, 3.8) is 0 Å². The lowest BCUT2D eigenvalue weighted by molar-refractivity contribution is 0.192. The molecule has 1 N–H and O–H groups in total. The van der Waals surface area contributed by atoms with Gasteiger partial charge in [0.1, 0.15) is 18.1 Å². The minimum Gasteiger partial charge on any atom is -0.492 e. The Bertz CT molecular complexity index is 959. The molecular formula is C24H23ClN2O2. The van der Waals surface area contributed by atoms with E-state index in [2.05, 4.69) is 16.8 Å². The minimum atomic E-state index is 0.155. The average Bonchev–Trinajstić information content (AvgIpc) is 2.74. The fraction of sp³-hybridized carbons (Fsp3) is 0.208. The van der Waals surface area contributed by atoms with Crippen LogP contribution in [0.25, 0.3) is 11.1 Å². The molecule has 5 heteroatoms. The Morgan fingerprint density at radius 3 is 2.31 bits per heavy atom. The molecule has 0 aliphatic rings. The third kappa shape index (κ3) is 6.62.